The van der Waals surface area contributed by atoms with E-state index in [4.69, 9.17) is 4.74 Å². The highest BCUT2D eigenvalue weighted by molar-refractivity contribution is 9.10. The lowest BCUT2D eigenvalue weighted by Crippen LogP contribution is -2.09. The minimum absolute atomic E-state index is 0.787. The molecule has 0 saturated carbocycles. The van der Waals surface area contributed by atoms with Crippen LogP contribution in [0.3, 0.4) is 0 Å². The van der Waals surface area contributed by atoms with Crippen LogP contribution in [-0.4, -0.2) is 36.3 Å². The monoisotopic (exact) mass is 330 g/mol. The molecule has 0 aliphatic rings. The van der Waals surface area contributed by atoms with E-state index >= 15 is 0 Å². The van der Waals surface area contributed by atoms with Gasteiger partial charge in [-0.1, -0.05) is 13.3 Å². The van der Waals surface area contributed by atoms with Gasteiger partial charge in [0.05, 0.1) is 0 Å². The van der Waals surface area contributed by atoms with Gasteiger partial charge in [0, 0.05) is 26.3 Å². The van der Waals surface area contributed by atoms with Gasteiger partial charge in [0.25, 0.3) is 0 Å². The van der Waals surface area contributed by atoms with Gasteiger partial charge in [-0.25, -0.2) is 9.97 Å². The van der Waals surface area contributed by atoms with Crippen LogP contribution in [0, 0.1) is 0 Å². The Morgan fingerprint density at radius 3 is 2.47 bits per heavy atom. The molecule has 0 fully saturated rings. The number of nitrogens with one attached hydrogen (secondary N) is 2. The molecule has 5 nitrogen and oxygen atoms in total. The van der Waals surface area contributed by atoms with Crippen LogP contribution in [0.1, 0.15) is 33.1 Å². The molecule has 0 aliphatic carbocycles. The number of unbranched alkanes of at least 4 members (excludes halogenated alkanes) is 1. The average molecular weight is 331 g/mol. The van der Waals surface area contributed by atoms with Gasteiger partial charge in [0.2, 0.25) is 0 Å². The topological polar surface area (TPSA) is 59.1 Å². The highest BCUT2D eigenvalue weighted by Crippen LogP contribution is 2.26. The Morgan fingerprint density at radius 1 is 1.11 bits per heavy atom. The third-order valence-electron chi connectivity index (χ3n) is 2.53. The first-order valence-electron chi connectivity index (χ1n) is 6.85. The van der Waals surface area contributed by atoms with Gasteiger partial charge in [-0.15, -0.1) is 0 Å². The predicted octanol–water partition coefficient (Wildman–Crippen LogP) is 3.29. The molecule has 0 spiro atoms. The Morgan fingerprint density at radius 2 is 1.79 bits per heavy atom. The predicted molar refractivity (Wildman–Crippen MR) is 82.7 cm³/mol. The maximum absolute atomic E-state index is 5.51. The van der Waals surface area contributed by atoms with Crippen molar-refractivity contribution in [2.45, 2.75) is 33.1 Å². The van der Waals surface area contributed by atoms with Crippen molar-refractivity contribution in [3.8, 4) is 0 Å². The Balaban J connectivity index is 2.27. The van der Waals surface area contributed by atoms with Gasteiger partial charge < -0.3 is 15.4 Å². The van der Waals surface area contributed by atoms with Gasteiger partial charge in [-0.05, 0) is 35.7 Å². The first-order valence-corrected chi connectivity index (χ1v) is 7.64. The number of hydrogen-bond donors (Lipinski definition) is 2. The number of hydrogen-bond acceptors (Lipinski definition) is 5. The van der Waals surface area contributed by atoms with E-state index in [0.29, 0.717) is 0 Å². The molecule has 0 atom stereocenters. The van der Waals surface area contributed by atoms with E-state index in [1.807, 2.05) is 6.92 Å². The zero-order chi connectivity index (χ0) is 13.9. The molecule has 2 N–H and O–H groups in total. The highest BCUT2D eigenvalue weighted by Gasteiger charge is 2.06. The van der Waals surface area contributed by atoms with Crippen LogP contribution < -0.4 is 10.6 Å². The van der Waals surface area contributed by atoms with Crippen molar-refractivity contribution < 1.29 is 4.74 Å². The first kappa shape index (κ1) is 16.2. The van der Waals surface area contributed by atoms with Crippen LogP contribution in [0.4, 0.5) is 11.6 Å². The number of nitrogens with zero attached hydrogens (tertiary/aromatic N) is 2. The molecule has 0 aliphatic heterocycles. The fraction of sp³-hybridized carbons (Fsp3) is 0.692. The second-order valence-corrected chi connectivity index (χ2v) is 4.95. The maximum Gasteiger partial charge on any atom is 0.145 e. The smallest absolute Gasteiger partial charge is 0.145 e. The normalized spacial score (nSPS) is 10.5. The van der Waals surface area contributed by atoms with E-state index in [1.165, 1.54) is 6.42 Å². The number of ether oxygens (including phenoxy) is 1. The van der Waals surface area contributed by atoms with Gasteiger partial charge in [-0.3, -0.25) is 0 Å². The van der Waals surface area contributed by atoms with Gasteiger partial charge in [0.15, 0.2) is 0 Å². The molecule has 1 heterocycles. The summed E-state index contributed by atoms with van der Waals surface area (Å²) in [5, 5.41) is 6.46. The molecular weight excluding hydrogens is 308 g/mol. The van der Waals surface area contributed by atoms with E-state index in [9.17, 15) is 0 Å². The molecule has 0 amide bonds. The fourth-order valence-corrected chi connectivity index (χ4v) is 2.00. The summed E-state index contributed by atoms with van der Waals surface area (Å²) in [7, 11) is 0. The number of aromatic nitrogens is 2. The summed E-state index contributed by atoms with van der Waals surface area (Å²) in [6.07, 6.45) is 4.84. The lowest BCUT2D eigenvalue weighted by Gasteiger charge is -2.10. The maximum atomic E-state index is 5.51. The minimum Gasteiger partial charge on any atom is -0.381 e. The zero-order valence-electron chi connectivity index (χ0n) is 11.7. The number of rotatable bonds is 10. The standard InChI is InChI=1S/C13H23BrN4O/c1-3-5-8-19-9-6-7-16-13-11(14)12(15-4-2)17-10-18-13/h10H,3-9H2,1-2H3,(H2,15,16,17,18). The summed E-state index contributed by atoms with van der Waals surface area (Å²) in [6.45, 7) is 7.52. The minimum atomic E-state index is 0.787. The van der Waals surface area contributed by atoms with Crippen molar-refractivity contribution in [2.24, 2.45) is 0 Å². The van der Waals surface area contributed by atoms with E-state index in [1.54, 1.807) is 6.33 Å². The molecule has 0 aromatic carbocycles. The van der Waals surface area contributed by atoms with E-state index in [0.717, 1.165) is 55.3 Å². The molecular formula is C13H23BrN4O. The van der Waals surface area contributed by atoms with Crippen LogP contribution in [0.5, 0.6) is 0 Å². The van der Waals surface area contributed by atoms with Crippen molar-refractivity contribution in [3.63, 3.8) is 0 Å². The second-order valence-electron chi connectivity index (χ2n) is 4.16. The lowest BCUT2D eigenvalue weighted by atomic mass is 10.3. The van der Waals surface area contributed by atoms with Crippen molar-refractivity contribution in [2.75, 3.05) is 36.9 Å². The van der Waals surface area contributed by atoms with Gasteiger partial charge >= 0.3 is 0 Å². The summed E-state index contributed by atoms with van der Waals surface area (Å²) in [5.41, 5.74) is 0. The molecule has 6 heteroatoms. The van der Waals surface area contributed by atoms with E-state index in [2.05, 4.69) is 43.5 Å². The zero-order valence-corrected chi connectivity index (χ0v) is 13.3. The summed E-state index contributed by atoms with van der Waals surface area (Å²) in [5.74, 6) is 1.64. The molecule has 19 heavy (non-hydrogen) atoms. The number of halogens is 1. The van der Waals surface area contributed by atoms with E-state index < -0.39 is 0 Å². The molecule has 108 valence electrons. The SMILES string of the molecule is CCCCOCCCNc1ncnc(NCC)c1Br. The molecule has 0 saturated heterocycles. The quantitative estimate of drug-likeness (QED) is 0.644. The number of anilines is 2. The largest absolute Gasteiger partial charge is 0.381 e. The molecule has 0 unspecified atom stereocenters. The summed E-state index contributed by atoms with van der Waals surface area (Å²) >= 11 is 3.50. The van der Waals surface area contributed by atoms with Crippen molar-refractivity contribution in [1.29, 1.82) is 0 Å². The van der Waals surface area contributed by atoms with Gasteiger partial charge in [-0.2, -0.15) is 0 Å². The summed E-state index contributed by atoms with van der Waals surface area (Å²) < 4.78 is 6.39. The van der Waals surface area contributed by atoms with Crippen LogP contribution in [0.2, 0.25) is 0 Å². The van der Waals surface area contributed by atoms with Crippen LogP contribution in [0.25, 0.3) is 0 Å². The third kappa shape index (κ3) is 6.20. The van der Waals surface area contributed by atoms with Gasteiger partial charge in [0.1, 0.15) is 22.4 Å². The highest BCUT2D eigenvalue weighted by atomic mass is 79.9. The van der Waals surface area contributed by atoms with Crippen molar-refractivity contribution in [1.82, 2.24) is 9.97 Å². The van der Waals surface area contributed by atoms with Crippen LogP contribution in [-0.2, 0) is 4.74 Å². The van der Waals surface area contributed by atoms with Crippen LogP contribution in [0.15, 0.2) is 10.8 Å². The Labute approximate surface area is 123 Å². The molecule has 0 bridgehead atoms. The van der Waals surface area contributed by atoms with E-state index in [-0.39, 0.29) is 0 Å². The Kier molecular flexibility index (Phi) is 8.49. The molecule has 1 aromatic rings. The molecule has 1 aromatic heterocycles. The Hall–Kier alpha value is -0.880. The van der Waals surface area contributed by atoms with Crippen LogP contribution >= 0.6 is 15.9 Å². The summed E-state index contributed by atoms with van der Waals surface area (Å²) in [4.78, 5) is 8.39. The fourth-order valence-electron chi connectivity index (χ4n) is 1.51. The second kappa shape index (κ2) is 9.97. The first-order chi connectivity index (χ1) is 9.29. The Bertz CT molecular complexity index is 362. The van der Waals surface area contributed by atoms with Crippen molar-refractivity contribution in [3.05, 3.63) is 10.8 Å². The lowest BCUT2D eigenvalue weighted by molar-refractivity contribution is 0.131. The molecule has 0 radical (unpaired) electrons. The molecule has 1 rings (SSSR count). The third-order valence-corrected chi connectivity index (χ3v) is 3.28. The summed E-state index contributed by atoms with van der Waals surface area (Å²) in [6, 6.07) is 0. The average Bonchev–Trinajstić information content (AvgIpc) is 2.42. The van der Waals surface area contributed by atoms with Crippen molar-refractivity contribution >= 4 is 27.6 Å².